The van der Waals surface area contributed by atoms with Crippen molar-refractivity contribution in [1.29, 1.82) is 0 Å². The van der Waals surface area contributed by atoms with Gasteiger partial charge in [0.15, 0.2) is 0 Å². The van der Waals surface area contributed by atoms with Crippen LogP contribution in [0.1, 0.15) is 98.8 Å². The van der Waals surface area contributed by atoms with E-state index in [0.29, 0.717) is 12.2 Å². The van der Waals surface area contributed by atoms with Crippen molar-refractivity contribution >= 4 is 0 Å². The van der Waals surface area contributed by atoms with E-state index in [-0.39, 0.29) is 0 Å². The second-order valence-corrected chi connectivity index (χ2v) is 9.49. The molecule has 0 aromatic rings. The predicted octanol–water partition coefficient (Wildman–Crippen LogP) is 5.73. The molecule has 0 spiro atoms. The molecule has 0 bridgehead atoms. The molecule has 2 rings (SSSR count). The largest absolute Gasteiger partial charge is 0.375 e. The zero-order valence-electron chi connectivity index (χ0n) is 19.1. The minimum atomic E-state index is 0.457. The van der Waals surface area contributed by atoms with Crippen LogP contribution in [-0.4, -0.2) is 60.3 Å². The summed E-state index contributed by atoms with van der Waals surface area (Å²) in [5.41, 5.74) is 0. The SMILES string of the molecule is CCCC(C)OC1CCC(CCCC(C)N2CCN(C(C)CC)CC2)CC1. The maximum absolute atomic E-state index is 6.22. The van der Waals surface area contributed by atoms with Gasteiger partial charge in [0.1, 0.15) is 0 Å². The minimum Gasteiger partial charge on any atom is -0.375 e. The summed E-state index contributed by atoms with van der Waals surface area (Å²) in [5.74, 6) is 0.959. The van der Waals surface area contributed by atoms with Gasteiger partial charge in [0.05, 0.1) is 12.2 Å². The van der Waals surface area contributed by atoms with Crippen LogP contribution in [0.5, 0.6) is 0 Å². The smallest absolute Gasteiger partial charge is 0.0579 e. The summed E-state index contributed by atoms with van der Waals surface area (Å²) in [4.78, 5) is 5.41. The van der Waals surface area contributed by atoms with Crippen LogP contribution in [0.3, 0.4) is 0 Å². The van der Waals surface area contributed by atoms with Crippen LogP contribution in [0.25, 0.3) is 0 Å². The molecule has 2 aliphatic rings. The number of hydrogen-bond acceptors (Lipinski definition) is 3. The fraction of sp³-hybridized carbons (Fsp3) is 1.00. The fourth-order valence-corrected chi connectivity index (χ4v) is 5.12. The minimum absolute atomic E-state index is 0.457. The molecule has 3 unspecified atom stereocenters. The van der Waals surface area contributed by atoms with Crippen LogP contribution in [0.15, 0.2) is 0 Å². The molecular formula is C24H48N2O. The molecule has 2 fully saturated rings. The molecule has 0 amide bonds. The van der Waals surface area contributed by atoms with Gasteiger partial charge in [-0.1, -0.05) is 33.1 Å². The third-order valence-corrected chi connectivity index (χ3v) is 7.33. The average Bonchev–Trinajstić information content (AvgIpc) is 2.69. The van der Waals surface area contributed by atoms with Crippen molar-refractivity contribution in [2.24, 2.45) is 5.92 Å². The Morgan fingerprint density at radius 1 is 0.815 bits per heavy atom. The highest BCUT2D eigenvalue weighted by atomic mass is 16.5. The summed E-state index contributed by atoms with van der Waals surface area (Å²) < 4.78 is 6.22. The standard InChI is InChI=1S/C24H48N2O/c1-6-9-22(5)27-24-14-12-23(13-15-24)11-8-10-21(4)26-18-16-25(17-19-26)20(3)7-2/h20-24H,6-19H2,1-5H3. The lowest BCUT2D eigenvalue weighted by Gasteiger charge is -2.40. The van der Waals surface area contributed by atoms with Crippen LogP contribution < -0.4 is 0 Å². The summed E-state index contributed by atoms with van der Waals surface area (Å²) in [6.45, 7) is 16.7. The Hall–Kier alpha value is -0.120. The second-order valence-electron chi connectivity index (χ2n) is 9.49. The molecule has 0 radical (unpaired) electrons. The van der Waals surface area contributed by atoms with E-state index in [0.717, 1.165) is 18.0 Å². The van der Waals surface area contributed by atoms with Crippen molar-refractivity contribution in [3.63, 3.8) is 0 Å². The molecular weight excluding hydrogens is 332 g/mol. The van der Waals surface area contributed by atoms with Gasteiger partial charge < -0.3 is 4.74 Å². The Balaban J connectivity index is 1.55. The Morgan fingerprint density at radius 3 is 1.96 bits per heavy atom. The summed E-state index contributed by atoms with van der Waals surface area (Å²) >= 11 is 0. The number of piperazine rings is 1. The zero-order chi connectivity index (χ0) is 19.6. The highest BCUT2D eigenvalue weighted by molar-refractivity contribution is 4.80. The Bertz CT molecular complexity index is 373. The summed E-state index contributed by atoms with van der Waals surface area (Å²) in [6.07, 6.45) is 14.3. The lowest BCUT2D eigenvalue weighted by atomic mass is 9.84. The third kappa shape index (κ3) is 8.03. The van der Waals surface area contributed by atoms with E-state index in [1.807, 2.05) is 0 Å². The molecule has 3 atom stereocenters. The topological polar surface area (TPSA) is 15.7 Å². The first-order valence-electron chi connectivity index (χ1n) is 12.2. The quantitative estimate of drug-likeness (QED) is 0.455. The highest BCUT2D eigenvalue weighted by Crippen LogP contribution is 2.31. The van der Waals surface area contributed by atoms with Crippen molar-refractivity contribution in [2.45, 2.75) is 123 Å². The van der Waals surface area contributed by atoms with Crippen molar-refractivity contribution in [3.8, 4) is 0 Å². The molecule has 1 saturated heterocycles. The Morgan fingerprint density at radius 2 is 1.41 bits per heavy atom. The van der Waals surface area contributed by atoms with E-state index < -0.39 is 0 Å². The molecule has 3 nitrogen and oxygen atoms in total. The summed E-state index contributed by atoms with van der Waals surface area (Å²) in [7, 11) is 0. The van der Waals surface area contributed by atoms with Gasteiger partial charge >= 0.3 is 0 Å². The molecule has 1 aliphatic heterocycles. The Kier molecular flexibility index (Phi) is 10.7. The van der Waals surface area contributed by atoms with E-state index in [2.05, 4.69) is 44.4 Å². The first-order valence-corrected chi connectivity index (χ1v) is 12.2. The predicted molar refractivity (Wildman–Crippen MR) is 117 cm³/mol. The van der Waals surface area contributed by atoms with Crippen LogP contribution in [0.2, 0.25) is 0 Å². The molecule has 27 heavy (non-hydrogen) atoms. The monoisotopic (exact) mass is 380 g/mol. The van der Waals surface area contributed by atoms with Crippen molar-refractivity contribution in [2.75, 3.05) is 26.2 Å². The number of ether oxygens (including phenoxy) is 1. The zero-order valence-corrected chi connectivity index (χ0v) is 19.1. The van der Waals surface area contributed by atoms with Gasteiger partial charge in [-0.25, -0.2) is 0 Å². The van der Waals surface area contributed by atoms with Crippen molar-refractivity contribution in [1.82, 2.24) is 9.80 Å². The van der Waals surface area contributed by atoms with E-state index in [9.17, 15) is 0 Å². The van der Waals surface area contributed by atoms with E-state index in [1.54, 1.807) is 0 Å². The number of rotatable bonds is 11. The van der Waals surface area contributed by atoms with Gasteiger partial charge in [-0.2, -0.15) is 0 Å². The van der Waals surface area contributed by atoms with Gasteiger partial charge in [0, 0.05) is 38.3 Å². The average molecular weight is 381 g/mol. The number of nitrogens with zero attached hydrogens (tertiary/aromatic N) is 2. The highest BCUT2D eigenvalue weighted by Gasteiger charge is 2.25. The second kappa shape index (κ2) is 12.4. The lowest BCUT2D eigenvalue weighted by Crippen LogP contribution is -2.51. The van der Waals surface area contributed by atoms with Gasteiger partial charge in [-0.15, -0.1) is 0 Å². The van der Waals surface area contributed by atoms with Gasteiger partial charge in [0.2, 0.25) is 0 Å². The van der Waals surface area contributed by atoms with Crippen LogP contribution in [0.4, 0.5) is 0 Å². The number of hydrogen-bond donors (Lipinski definition) is 0. The molecule has 0 aromatic heterocycles. The maximum Gasteiger partial charge on any atom is 0.0579 e. The van der Waals surface area contributed by atoms with E-state index >= 15 is 0 Å². The van der Waals surface area contributed by atoms with E-state index in [1.165, 1.54) is 90.4 Å². The Labute approximate surface area is 170 Å². The fourth-order valence-electron chi connectivity index (χ4n) is 5.12. The molecule has 1 heterocycles. The van der Waals surface area contributed by atoms with Crippen molar-refractivity contribution in [3.05, 3.63) is 0 Å². The molecule has 160 valence electrons. The van der Waals surface area contributed by atoms with Gasteiger partial charge in [-0.3, -0.25) is 9.80 Å². The van der Waals surface area contributed by atoms with Crippen LogP contribution in [0, 0.1) is 5.92 Å². The van der Waals surface area contributed by atoms with Gasteiger partial charge in [0.25, 0.3) is 0 Å². The molecule has 3 heteroatoms. The van der Waals surface area contributed by atoms with Crippen LogP contribution >= 0.6 is 0 Å². The lowest BCUT2D eigenvalue weighted by molar-refractivity contribution is -0.0321. The van der Waals surface area contributed by atoms with Crippen molar-refractivity contribution < 1.29 is 4.74 Å². The molecule has 0 N–H and O–H groups in total. The normalized spacial score (nSPS) is 28.8. The summed E-state index contributed by atoms with van der Waals surface area (Å²) in [6, 6.07) is 1.52. The first kappa shape index (κ1) is 23.2. The molecule has 0 aromatic carbocycles. The van der Waals surface area contributed by atoms with E-state index in [4.69, 9.17) is 4.74 Å². The molecule has 1 saturated carbocycles. The van der Waals surface area contributed by atoms with Crippen LogP contribution in [-0.2, 0) is 4.74 Å². The summed E-state index contributed by atoms with van der Waals surface area (Å²) in [5, 5.41) is 0. The molecule has 1 aliphatic carbocycles. The maximum atomic E-state index is 6.22. The first-order chi connectivity index (χ1) is 13.0. The van der Waals surface area contributed by atoms with Gasteiger partial charge in [-0.05, 0) is 71.6 Å². The third-order valence-electron chi connectivity index (χ3n) is 7.33.